The van der Waals surface area contributed by atoms with Crippen molar-refractivity contribution in [3.05, 3.63) is 58.0 Å². The molecule has 136 valence electrons. The summed E-state index contributed by atoms with van der Waals surface area (Å²) in [6, 6.07) is 5.11. The average Bonchev–Trinajstić information content (AvgIpc) is 3.07. The predicted molar refractivity (Wildman–Crippen MR) is 103 cm³/mol. The molecule has 26 heavy (non-hydrogen) atoms. The summed E-state index contributed by atoms with van der Waals surface area (Å²) in [6.07, 6.45) is 3.48. The summed E-state index contributed by atoms with van der Waals surface area (Å²) in [7, 11) is 0. The summed E-state index contributed by atoms with van der Waals surface area (Å²) in [5, 5.41) is 16.8. The van der Waals surface area contributed by atoms with E-state index in [1.165, 1.54) is 0 Å². The molecule has 0 spiro atoms. The van der Waals surface area contributed by atoms with E-state index in [-0.39, 0.29) is 18.2 Å². The fourth-order valence-corrected chi connectivity index (χ4v) is 3.22. The Balaban J connectivity index is 1.88. The van der Waals surface area contributed by atoms with Crippen LogP contribution in [0.15, 0.2) is 30.6 Å². The van der Waals surface area contributed by atoms with Gasteiger partial charge in [-0.25, -0.2) is 4.98 Å². The van der Waals surface area contributed by atoms with Gasteiger partial charge < -0.3 is 20.1 Å². The number of aromatic nitrogens is 2. The zero-order chi connectivity index (χ0) is 18.8. The van der Waals surface area contributed by atoms with Gasteiger partial charge >= 0.3 is 0 Å². The van der Waals surface area contributed by atoms with E-state index in [1.54, 1.807) is 24.4 Å². The Morgan fingerprint density at radius 2 is 2.08 bits per heavy atom. The topological polar surface area (TPSA) is 78.7 Å². The van der Waals surface area contributed by atoms with Crippen LogP contribution in [0.2, 0.25) is 5.02 Å². The Hall–Kier alpha value is -2.73. The molecule has 3 rings (SSSR count). The van der Waals surface area contributed by atoms with E-state index in [0.29, 0.717) is 21.8 Å². The molecule has 1 aromatic carbocycles. The third-order valence-corrected chi connectivity index (χ3v) is 4.57. The van der Waals surface area contributed by atoms with E-state index in [4.69, 9.17) is 11.6 Å². The zero-order valence-corrected chi connectivity index (χ0v) is 15.7. The Morgan fingerprint density at radius 3 is 2.81 bits per heavy atom. The third kappa shape index (κ3) is 3.32. The number of pyridine rings is 1. The van der Waals surface area contributed by atoms with E-state index in [0.717, 1.165) is 23.5 Å². The summed E-state index contributed by atoms with van der Waals surface area (Å²) >= 11 is 6.15. The molecule has 0 unspecified atom stereocenters. The van der Waals surface area contributed by atoms with Gasteiger partial charge in [-0.3, -0.25) is 4.79 Å². The number of aromatic hydroxyl groups is 1. The lowest BCUT2D eigenvalue weighted by Gasteiger charge is -2.14. The smallest absolute Gasteiger partial charge is 0.251 e. The van der Waals surface area contributed by atoms with Crippen LogP contribution in [0.1, 0.15) is 34.1 Å². The maximum absolute atomic E-state index is 12.7. The standard InChI is InChI=1S/C19H21ClN4O2/c1-4-21-16-9-13(20)8-14(12(16)3)19(26)23-10-15-17(25)7-11(2)24-6-5-22-18(15)24/h5-9,21,25H,4,10H2,1-3H3,(H,23,26). The van der Waals surface area contributed by atoms with E-state index in [1.807, 2.05) is 31.4 Å². The molecule has 2 aromatic heterocycles. The maximum Gasteiger partial charge on any atom is 0.251 e. The molecule has 0 saturated carbocycles. The Bertz CT molecular complexity index is 981. The highest BCUT2D eigenvalue weighted by Gasteiger charge is 2.16. The molecule has 0 aliphatic carbocycles. The number of nitrogens with one attached hydrogen (secondary N) is 2. The van der Waals surface area contributed by atoms with Gasteiger partial charge in [-0.05, 0) is 44.5 Å². The number of imidazole rings is 1. The van der Waals surface area contributed by atoms with Crippen molar-refractivity contribution in [3.8, 4) is 5.75 Å². The Labute approximate surface area is 156 Å². The lowest BCUT2D eigenvalue weighted by molar-refractivity contribution is 0.0950. The van der Waals surface area contributed by atoms with Gasteiger partial charge in [0.05, 0.1) is 12.1 Å². The number of halogens is 1. The van der Waals surface area contributed by atoms with Crippen molar-refractivity contribution < 1.29 is 9.90 Å². The largest absolute Gasteiger partial charge is 0.507 e. The Morgan fingerprint density at radius 1 is 1.31 bits per heavy atom. The molecule has 0 fully saturated rings. The second kappa shape index (κ2) is 7.25. The highest BCUT2D eigenvalue weighted by atomic mass is 35.5. The SMILES string of the molecule is CCNc1cc(Cl)cc(C(=O)NCc2c(O)cc(C)n3ccnc23)c1C. The van der Waals surface area contributed by atoms with Crippen molar-refractivity contribution in [3.63, 3.8) is 0 Å². The van der Waals surface area contributed by atoms with Crippen LogP contribution in [0.5, 0.6) is 5.75 Å². The fraction of sp³-hybridized carbons (Fsp3) is 0.263. The van der Waals surface area contributed by atoms with Gasteiger partial charge in [0.2, 0.25) is 0 Å². The fourth-order valence-electron chi connectivity index (χ4n) is 3.00. The molecule has 2 heterocycles. The summed E-state index contributed by atoms with van der Waals surface area (Å²) in [5.41, 5.74) is 4.22. The second-order valence-electron chi connectivity index (χ2n) is 6.11. The van der Waals surface area contributed by atoms with Crippen LogP contribution in [0.4, 0.5) is 5.69 Å². The van der Waals surface area contributed by atoms with Crippen molar-refractivity contribution >= 4 is 28.8 Å². The minimum absolute atomic E-state index is 0.109. The number of carbonyl (C=O) groups excluding carboxylic acids is 1. The molecule has 0 bridgehead atoms. The van der Waals surface area contributed by atoms with Crippen molar-refractivity contribution in [1.29, 1.82) is 0 Å². The van der Waals surface area contributed by atoms with E-state index >= 15 is 0 Å². The molecular formula is C19H21ClN4O2. The molecule has 0 aliphatic rings. The molecule has 3 N–H and O–H groups in total. The number of benzene rings is 1. The summed E-state index contributed by atoms with van der Waals surface area (Å²) in [4.78, 5) is 17.0. The molecule has 3 aromatic rings. The molecule has 0 saturated heterocycles. The van der Waals surface area contributed by atoms with Gasteiger partial charge in [0.1, 0.15) is 11.4 Å². The zero-order valence-electron chi connectivity index (χ0n) is 14.9. The predicted octanol–water partition coefficient (Wildman–Crippen LogP) is 3.67. The molecule has 7 heteroatoms. The van der Waals surface area contributed by atoms with Gasteiger partial charge in [0.15, 0.2) is 0 Å². The summed E-state index contributed by atoms with van der Waals surface area (Å²) in [6.45, 7) is 6.63. The summed E-state index contributed by atoms with van der Waals surface area (Å²) in [5.74, 6) is -0.147. The maximum atomic E-state index is 12.7. The van der Waals surface area contributed by atoms with E-state index in [2.05, 4.69) is 15.6 Å². The molecule has 0 atom stereocenters. The normalized spacial score (nSPS) is 10.9. The Kier molecular flexibility index (Phi) is 5.04. The van der Waals surface area contributed by atoms with Crippen LogP contribution < -0.4 is 10.6 Å². The molecule has 0 aliphatic heterocycles. The first-order valence-electron chi connectivity index (χ1n) is 8.39. The number of rotatable bonds is 5. The minimum atomic E-state index is -0.256. The molecule has 0 radical (unpaired) electrons. The minimum Gasteiger partial charge on any atom is -0.507 e. The number of anilines is 1. The van der Waals surface area contributed by atoms with Crippen LogP contribution in [-0.2, 0) is 6.54 Å². The lowest BCUT2D eigenvalue weighted by Crippen LogP contribution is -2.24. The summed E-state index contributed by atoms with van der Waals surface area (Å²) < 4.78 is 1.87. The number of nitrogens with zero attached hydrogens (tertiary/aromatic N) is 2. The van der Waals surface area contributed by atoms with Crippen LogP contribution in [0, 0.1) is 13.8 Å². The molecule has 6 nitrogen and oxygen atoms in total. The number of amides is 1. The van der Waals surface area contributed by atoms with Crippen molar-refractivity contribution in [2.45, 2.75) is 27.3 Å². The van der Waals surface area contributed by atoms with E-state index in [9.17, 15) is 9.90 Å². The van der Waals surface area contributed by atoms with Crippen LogP contribution in [0.3, 0.4) is 0 Å². The van der Waals surface area contributed by atoms with Gasteiger partial charge in [-0.1, -0.05) is 11.6 Å². The second-order valence-corrected chi connectivity index (χ2v) is 6.55. The number of hydrogen-bond acceptors (Lipinski definition) is 4. The van der Waals surface area contributed by atoms with Crippen molar-refractivity contribution in [2.24, 2.45) is 0 Å². The van der Waals surface area contributed by atoms with Gasteiger partial charge in [0, 0.05) is 40.9 Å². The van der Waals surface area contributed by atoms with Gasteiger partial charge in [-0.15, -0.1) is 0 Å². The van der Waals surface area contributed by atoms with Crippen molar-refractivity contribution in [1.82, 2.24) is 14.7 Å². The average molecular weight is 373 g/mol. The van der Waals surface area contributed by atoms with Crippen LogP contribution in [0.25, 0.3) is 5.65 Å². The highest BCUT2D eigenvalue weighted by molar-refractivity contribution is 6.31. The van der Waals surface area contributed by atoms with Crippen molar-refractivity contribution in [2.75, 3.05) is 11.9 Å². The number of fused-ring (bicyclic) bond motifs is 1. The highest BCUT2D eigenvalue weighted by Crippen LogP contribution is 2.26. The first kappa shape index (κ1) is 18.1. The quantitative estimate of drug-likeness (QED) is 0.638. The van der Waals surface area contributed by atoms with Crippen LogP contribution >= 0.6 is 11.6 Å². The lowest BCUT2D eigenvalue weighted by atomic mass is 10.1. The van der Waals surface area contributed by atoms with Gasteiger partial charge in [-0.2, -0.15) is 0 Å². The number of aryl methyl sites for hydroxylation is 1. The third-order valence-electron chi connectivity index (χ3n) is 4.36. The molecule has 1 amide bonds. The van der Waals surface area contributed by atoms with Crippen LogP contribution in [-0.4, -0.2) is 26.9 Å². The van der Waals surface area contributed by atoms with E-state index < -0.39 is 0 Å². The number of hydrogen-bond donors (Lipinski definition) is 3. The first-order valence-corrected chi connectivity index (χ1v) is 8.77. The monoisotopic (exact) mass is 372 g/mol. The first-order chi connectivity index (χ1) is 12.4. The van der Waals surface area contributed by atoms with Gasteiger partial charge in [0.25, 0.3) is 5.91 Å². The molecular weight excluding hydrogens is 352 g/mol. The number of carbonyl (C=O) groups is 1.